The van der Waals surface area contributed by atoms with Gasteiger partial charge in [-0.3, -0.25) is 20.4 Å². The molecule has 2 aromatic rings. The largest absolute Gasteiger partial charge is 0.451 e. The van der Waals surface area contributed by atoms with Crippen molar-refractivity contribution in [1.29, 1.82) is 0 Å². The first-order valence-corrected chi connectivity index (χ1v) is 9.04. The Morgan fingerprint density at radius 2 is 2.00 bits per heavy atom. The van der Waals surface area contributed by atoms with E-state index in [0.29, 0.717) is 16.0 Å². The molecule has 0 aliphatic carbocycles. The average molecular weight is 357 g/mol. The van der Waals surface area contributed by atoms with Crippen molar-refractivity contribution in [3.8, 4) is 0 Å². The van der Waals surface area contributed by atoms with Gasteiger partial charge in [0.2, 0.25) is 5.91 Å². The van der Waals surface area contributed by atoms with Crippen LogP contribution in [0.2, 0.25) is 5.02 Å². The van der Waals surface area contributed by atoms with Gasteiger partial charge in [0.1, 0.15) is 5.58 Å². The van der Waals surface area contributed by atoms with Gasteiger partial charge >= 0.3 is 5.91 Å². The van der Waals surface area contributed by atoms with Gasteiger partial charge in [-0.25, -0.2) is 8.42 Å². The van der Waals surface area contributed by atoms with Gasteiger partial charge in [0.15, 0.2) is 15.6 Å². The van der Waals surface area contributed by atoms with Crippen molar-refractivity contribution >= 4 is 44.2 Å². The number of sulfone groups is 1. The maximum Gasteiger partial charge on any atom is 0.305 e. The van der Waals surface area contributed by atoms with Crippen molar-refractivity contribution in [3.63, 3.8) is 0 Å². The Kier molecular flexibility index (Phi) is 4.03. The quantitative estimate of drug-likeness (QED) is 0.788. The second-order valence-electron chi connectivity index (χ2n) is 5.34. The summed E-state index contributed by atoms with van der Waals surface area (Å²) >= 11 is 5.86. The van der Waals surface area contributed by atoms with Gasteiger partial charge in [-0.05, 0) is 30.7 Å². The summed E-state index contributed by atoms with van der Waals surface area (Å²) in [6, 6.07) is 6.43. The molecule has 23 heavy (non-hydrogen) atoms. The van der Waals surface area contributed by atoms with Crippen LogP contribution in [0.5, 0.6) is 0 Å². The lowest BCUT2D eigenvalue weighted by molar-refractivity contribution is -0.125. The lowest BCUT2D eigenvalue weighted by Crippen LogP contribution is -2.44. The Labute approximate surface area is 136 Å². The number of rotatable bonds is 2. The monoisotopic (exact) mass is 356 g/mol. The number of amides is 2. The molecule has 2 amide bonds. The number of hydrogen-bond donors (Lipinski definition) is 2. The fourth-order valence-electron chi connectivity index (χ4n) is 2.41. The van der Waals surface area contributed by atoms with E-state index in [2.05, 4.69) is 10.9 Å². The third-order valence-corrected chi connectivity index (χ3v) is 5.61. The summed E-state index contributed by atoms with van der Waals surface area (Å²) in [7, 11) is -3.16. The van der Waals surface area contributed by atoms with Crippen molar-refractivity contribution in [2.75, 3.05) is 11.5 Å². The second kappa shape index (κ2) is 5.86. The number of fused-ring (bicyclic) bond motifs is 1. The standard InChI is InChI=1S/C14H13ClN2O5S/c15-10-1-2-11-9(5-10)6-12(22-11)14(19)17-16-13(18)8-3-4-23(20,21)7-8/h1-2,5-6,8H,3-4,7H2,(H,16,18)(H,17,19)/t8-/m0/s1. The maximum atomic E-state index is 12.0. The number of furan rings is 1. The Hall–Kier alpha value is -2.06. The van der Waals surface area contributed by atoms with Crippen LogP contribution in [0.15, 0.2) is 28.7 Å². The molecule has 0 saturated carbocycles. The average Bonchev–Trinajstić information content (AvgIpc) is 3.07. The van der Waals surface area contributed by atoms with E-state index in [0.717, 1.165) is 0 Å². The minimum absolute atomic E-state index is 0.0105. The Balaban J connectivity index is 1.63. The lowest BCUT2D eigenvalue weighted by Gasteiger charge is -2.09. The normalized spacial score (nSPS) is 19.6. The zero-order valence-electron chi connectivity index (χ0n) is 11.8. The van der Waals surface area contributed by atoms with Crippen LogP contribution in [0.3, 0.4) is 0 Å². The Bertz CT molecular complexity index is 890. The molecule has 7 nitrogen and oxygen atoms in total. The first-order chi connectivity index (χ1) is 10.8. The van der Waals surface area contributed by atoms with Gasteiger partial charge < -0.3 is 4.42 Å². The molecular formula is C14H13ClN2O5S. The highest BCUT2D eigenvalue weighted by molar-refractivity contribution is 7.91. The van der Waals surface area contributed by atoms with Crippen molar-refractivity contribution in [3.05, 3.63) is 35.0 Å². The third kappa shape index (κ3) is 3.48. The molecular weight excluding hydrogens is 344 g/mol. The fraction of sp³-hybridized carbons (Fsp3) is 0.286. The van der Waals surface area contributed by atoms with Crippen molar-refractivity contribution < 1.29 is 22.4 Å². The van der Waals surface area contributed by atoms with Gasteiger partial charge in [-0.1, -0.05) is 11.6 Å². The number of halogens is 1. The molecule has 1 atom stereocenters. The minimum Gasteiger partial charge on any atom is -0.451 e. The molecule has 0 unspecified atom stereocenters. The molecule has 2 N–H and O–H groups in total. The molecule has 1 aromatic carbocycles. The highest BCUT2D eigenvalue weighted by Crippen LogP contribution is 2.23. The van der Waals surface area contributed by atoms with E-state index in [1.807, 2.05) is 0 Å². The van der Waals surface area contributed by atoms with E-state index in [1.165, 1.54) is 6.07 Å². The smallest absolute Gasteiger partial charge is 0.305 e. The van der Waals surface area contributed by atoms with Gasteiger partial charge in [0.05, 0.1) is 17.4 Å². The summed E-state index contributed by atoms with van der Waals surface area (Å²) in [6.45, 7) is 0. The summed E-state index contributed by atoms with van der Waals surface area (Å²) in [5, 5.41) is 1.18. The topological polar surface area (TPSA) is 105 Å². The summed E-state index contributed by atoms with van der Waals surface area (Å²) in [5.41, 5.74) is 4.94. The van der Waals surface area contributed by atoms with E-state index >= 15 is 0 Å². The molecule has 1 aromatic heterocycles. The summed E-state index contributed by atoms with van der Waals surface area (Å²) in [6.07, 6.45) is 0.257. The van der Waals surface area contributed by atoms with Gasteiger partial charge in [-0.2, -0.15) is 0 Å². The van der Waals surface area contributed by atoms with E-state index in [1.54, 1.807) is 18.2 Å². The molecule has 2 heterocycles. The van der Waals surface area contributed by atoms with E-state index < -0.39 is 27.6 Å². The SMILES string of the molecule is O=C(NNC(=O)[C@H]1CCS(=O)(=O)C1)c1cc2cc(Cl)ccc2o1. The second-order valence-corrected chi connectivity index (χ2v) is 8.00. The van der Waals surface area contributed by atoms with E-state index in [4.69, 9.17) is 16.0 Å². The molecule has 1 saturated heterocycles. The maximum absolute atomic E-state index is 12.0. The Morgan fingerprint density at radius 3 is 2.70 bits per heavy atom. The van der Waals surface area contributed by atoms with Crippen molar-refractivity contribution in [2.24, 2.45) is 5.92 Å². The molecule has 1 aliphatic heterocycles. The number of hydrogen-bond acceptors (Lipinski definition) is 5. The Morgan fingerprint density at radius 1 is 1.22 bits per heavy atom. The molecule has 122 valence electrons. The van der Waals surface area contributed by atoms with E-state index in [-0.39, 0.29) is 23.7 Å². The fourth-order valence-corrected chi connectivity index (χ4v) is 4.33. The minimum atomic E-state index is -3.16. The van der Waals surface area contributed by atoms with Gasteiger partial charge in [-0.15, -0.1) is 0 Å². The zero-order chi connectivity index (χ0) is 16.6. The molecule has 0 spiro atoms. The van der Waals surface area contributed by atoms with Crippen LogP contribution in [0, 0.1) is 5.92 Å². The van der Waals surface area contributed by atoms with Crippen LogP contribution in [-0.2, 0) is 14.6 Å². The van der Waals surface area contributed by atoms with Crippen molar-refractivity contribution in [2.45, 2.75) is 6.42 Å². The molecule has 1 aliphatic rings. The van der Waals surface area contributed by atoms with Gasteiger partial charge in [0, 0.05) is 10.4 Å². The molecule has 0 bridgehead atoms. The van der Waals surface area contributed by atoms with Crippen LogP contribution in [0.1, 0.15) is 17.0 Å². The summed E-state index contributed by atoms with van der Waals surface area (Å²) in [4.78, 5) is 23.8. The number of carbonyl (C=O) groups is 2. The van der Waals surface area contributed by atoms with Crippen LogP contribution in [0.25, 0.3) is 11.0 Å². The van der Waals surface area contributed by atoms with Crippen LogP contribution >= 0.6 is 11.6 Å². The van der Waals surface area contributed by atoms with E-state index in [9.17, 15) is 18.0 Å². The van der Waals surface area contributed by atoms with Crippen LogP contribution in [0.4, 0.5) is 0 Å². The zero-order valence-corrected chi connectivity index (χ0v) is 13.4. The molecule has 0 radical (unpaired) electrons. The van der Waals surface area contributed by atoms with Crippen molar-refractivity contribution in [1.82, 2.24) is 10.9 Å². The summed E-state index contributed by atoms with van der Waals surface area (Å²) < 4.78 is 28.0. The molecule has 9 heteroatoms. The number of carbonyl (C=O) groups excluding carboxylic acids is 2. The molecule has 3 rings (SSSR count). The first kappa shape index (κ1) is 15.8. The molecule has 1 fully saturated rings. The highest BCUT2D eigenvalue weighted by atomic mass is 35.5. The first-order valence-electron chi connectivity index (χ1n) is 6.84. The lowest BCUT2D eigenvalue weighted by atomic mass is 10.1. The highest BCUT2D eigenvalue weighted by Gasteiger charge is 2.33. The summed E-state index contributed by atoms with van der Waals surface area (Å²) in [5.74, 6) is -2.00. The number of hydrazine groups is 1. The number of benzene rings is 1. The predicted molar refractivity (Wildman–Crippen MR) is 83.6 cm³/mol. The number of nitrogens with one attached hydrogen (secondary N) is 2. The van der Waals surface area contributed by atoms with Crippen LogP contribution < -0.4 is 10.9 Å². The predicted octanol–water partition coefficient (Wildman–Crippen LogP) is 1.28. The third-order valence-electron chi connectivity index (χ3n) is 3.60. The van der Waals surface area contributed by atoms with Gasteiger partial charge in [0.25, 0.3) is 0 Å². The van der Waals surface area contributed by atoms with Crippen LogP contribution in [-0.4, -0.2) is 31.7 Å².